The molecule has 1 amide bonds. The van der Waals surface area contributed by atoms with Crippen LogP contribution in [0.4, 0.5) is 4.39 Å². The van der Waals surface area contributed by atoms with Gasteiger partial charge in [0.25, 0.3) is 5.91 Å². The maximum Gasteiger partial charge on any atom is 0.254 e. The van der Waals surface area contributed by atoms with E-state index in [0.29, 0.717) is 18.7 Å². The van der Waals surface area contributed by atoms with E-state index >= 15 is 0 Å². The van der Waals surface area contributed by atoms with Crippen LogP contribution in [-0.4, -0.2) is 37.1 Å². The second-order valence-electron chi connectivity index (χ2n) is 5.99. The second kappa shape index (κ2) is 6.03. The molecule has 25 heavy (non-hydrogen) atoms. The number of benzene rings is 1. The number of aryl methyl sites for hydroxylation is 1. The normalized spacial score (nSPS) is 16.8. The molecule has 6 nitrogen and oxygen atoms in total. The predicted molar refractivity (Wildman–Crippen MR) is 91.7 cm³/mol. The first-order chi connectivity index (χ1) is 12.0. The van der Waals surface area contributed by atoms with Gasteiger partial charge in [0.05, 0.1) is 6.04 Å². The quantitative estimate of drug-likeness (QED) is 0.707. The standard InChI is InChI=1S/C17H16FN5OS/c1-10-9-19-16(25-10)15-21-20-14-11(2)22(7-8-23(14)15)17(24)12-3-5-13(18)6-4-12/h3-6,9,11H,7-8H2,1-2H3. The summed E-state index contributed by atoms with van der Waals surface area (Å²) >= 11 is 1.57. The number of carbonyl (C=O) groups excluding carboxylic acids is 1. The largest absolute Gasteiger partial charge is 0.327 e. The Morgan fingerprint density at radius 1 is 1.24 bits per heavy atom. The monoisotopic (exact) mass is 357 g/mol. The lowest BCUT2D eigenvalue weighted by Gasteiger charge is -2.33. The highest BCUT2D eigenvalue weighted by molar-refractivity contribution is 7.14. The van der Waals surface area contributed by atoms with Crippen LogP contribution in [0.2, 0.25) is 0 Å². The molecule has 3 aromatic rings. The molecule has 0 radical (unpaired) electrons. The van der Waals surface area contributed by atoms with Crippen molar-refractivity contribution in [3.8, 4) is 10.8 Å². The third-order valence-corrected chi connectivity index (χ3v) is 5.26. The maximum atomic E-state index is 13.1. The van der Waals surface area contributed by atoms with E-state index in [-0.39, 0.29) is 17.8 Å². The van der Waals surface area contributed by atoms with Gasteiger partial charge in [-0.2, -0.15) is 0 Å². The molecule has 2 aromatic heterocycles. The summed E-state index contributed by atoms with van der Waals surface area (Å²) in [6.07, 6.45) is 1.82. The van der Waals surface area contributed by atoms with Crippen LogP contribution in [0, 0.1) is 12.7 Å². The molecular weight excluding hydrogens is 341 g/mol. The summed E-state index contributed by atoms with van der Waals surface area (Å²) in [5, 5.41) is 9.41. The lowest BCUT2D eigenvalue weighted by Crippen LogP contribution is -2.41. The molecule has 0 spiro atoms. The number of aromatic nitrogens is 4. The van der Waals surface area contributed by atoms with Crippen molar-refractivity contribution in [2.75, 3.05) is 6.54 Å². The summed E-state index contributed by atoms with van der Waals surface area (Å²) in [5.74, 6) is 0.998. The number of halogens is 1. The fraction of sp³-hybridized carbons (Fsp3) is 0.294. The third-order valence-electron chi connectivity index (χ3n) is 4.35. The van der Waals surface area contributed by atoms with Crippen molar-refractivity contribution in [3.05, 3.63) is 52.5 Å². The number of thiazole rings is 1. The summed E-state index contributed by atoms with van der Waals surface area (Å²) in [6, 6.07) is 5.40. The first kappa shape index (κ1) is 15.9. The Bertz CT molecular complexity index is 933. The molecule has 1 unspecified atom stereocenters. The summed E-state index contributed by atoms with van der Waals surface area (Å²) < 4.78 is 15.1. The molecule has 1 atom stereocenters. The molecule has 8 heteroatoms. The number of nitrogens with zero attached hydrogens (tertiary/aromatic N) is 5. The summed E-state index contributed by atoms with van der Waals surface area (Å²) in [5.41, 5.74) is 0.469. The molecule has 0 bridgehead atoms. The van der Waals surface area contributed by atoms with Crippen LogP contribution >= 0.6 is 11.3 Å². The van der Waals surface area contributed by atoms with Crippen LogP contribution in [0.1, 0.15) is 34.0 Å². The highest BCUT2D eigenvalue weighted by Gasteiger charge is 2.32. The highest BCUT2D eigenvalue weighted by atomic mass is 32.1. The maximum absolute atomic E-state index is 13.1. The molecule has 128 valence electrons. The molecule has 0 N–H and O–H groups in total. The van der Waals surface area contributed by atoms with Gasteiger partial charge < -0.3 is 9.47 Å². The van der Waals surface area contributed by atoms with Gasteiger partial charge in [0.2, 0.25) is 0 Å². The minimum atomic E-state index is -0.355. The van der Waals surface area contributed by atoms with Crippen molar-refractivity contribution in [1.82, 2.24) is 24.6 Å². The van der Waals surface area contributed by atoms with Crippen molar-refractivity contribution in [3.63, 3.8) is 0 Å². The van der Waals surface area contributed by atoms with Crippen LogP contribution in [-0.2, 0) is 6.54 Å². The van der Waals surface area contributed by atoms with Gasteiger partial charge in [-0.3, -0.25) is 4.79 Å². The molecule has 3 heterocycles. The number of hydrogen-bond acceptors (Lipinski definition) is 5. The van der Waals surface area contributed by atoms with E-state index in [1.165, 1.54) is 24.3 Å². The summed E-state index contributed by atoms with van der Waals surface area (Å²) in [7, 11) is 0. The SMILES string of the molecule is Cc1cnc(-c2nnc3n2CCN(C(=O)c2ccc(F)cc2)C3C)s1. The van der Waals surface area contributed by atoms with Crippen LogP contribution in [0.15, 0.2) is 30.5 Å². The lowest BCUT2D eigenvalue weighted by atomic mass is 10.1. The second-order valence-corrected chi connectivity index (χ2v) is 7.23. The Morgan fingerprint density at radius 3 is 2.68 bits per heavy atom. The van der Waals surface area contributed by atoms with Gasteiger partial charge in [-0.05, 0) is 38.1 Å². The number of amides is 1. The van der Waals surface area contributed by atoms with Crippen molar-refractivity contribution in [2.45, 2.75) is 26.4 Å². The van der Waals surface area contributed by atoms with Crippen LogP contribution in [0.5, 0.6) is 0 Å². The molecule has 0 saturated carbocycles. The Labute approximate surface area is 148 Å². The third kappa shape index (κ3) is 2.72. The average Bonchev–Trinajstić information content (AvgIpc) is 3.21. The van der Waals surface area contributed by atoms with Crippen molar-refractivity contribution in [2.24, 2.45) is 0 Å². The smallest absolute Gasteiger partial charge is 0.254 e. The summed E-state index contributed by atoms with van der Waals surface area (Å²) in [6.45, 7) is 5.08. The predicted octanol–water partition coefficient (Wildman–Crippen LogP) is 3.07. The Kier molecular flexibility index (Phi) is 3.84. The zero-order chi connectivity index (χ0) is 17.6. The average molecular weight is 357 g/mol. The van der Waals surface area contributed by atoms with Crippen LogP contribution < -0.4 is 0 Å². The summed E-state index contributed by atoms with van der Waals surface area (Å²) in [4.78, 5) is 20.0. The number of rotatable bonds is 2. The van der Waals surface area contributed by atoms with Crippen molar-refractivity contribution < 1.29 is 9.18 Å². The van der Waals surface area contributed by atoms with Crippen LogP contribution in [0.25, 0.3) is 10.8 Å². The molecule has 1 aliphatic rings. The zero-order valence-electron chi connectivity index (χ0n) is 13.8. The van der Waals surface area contributed by atoms with Crippen LogP contribution in [0.3, 0.4) is 0 Å². The first-order valence-corrected chi connectivity index (χ1v) is 8.78. The van der Waals surface area contributed by atoms with E-state index in [9.17, 15) is 9.18 Å². The molecule has 1 aromatic carbocycles. The Hall–Kier alpha value is -2.61. The minimum Gasteiger partial charge on any atom is -0.327 e. The van der Waals surface area contributed by atoms with Gasteiger partial charge in [0.1, 0.15) is 5.82 Å². The van der Waals surface area contributed by atoms with E-state index in [1.807, 2.05) is 24.6 Å². The lowest BCUT2D eigenvalue weighted by molar-refractivity contribution is 0.0638. The zero-order valence-corrected chi connectivity index (χ0v) is 14.6. The number of carbonyl (C=O) groups is 1. The fourth-order valence-electron chi connectivity index (χ4n) is 3.04. The highest BCUT2D eigenvalue weighted by Crippen LogP contribution is 2.31. The number of hydrogen-bond donors (Lipinski definition) is 0. The van der Waals surface area contributed by atoms with Crippen molar-refractivity contribution in [1.29, 1.82) is 0 Å². The molecule has 0 aliphatic carbocycles. The van der Waals surface area contributed by atoms with E-state index in [4.69, 9.17) is 0 Å². The van der Waals surface area contributed by atoms with Gasteiger partial charge in [-0.25, -0.2) is 9.37 Å². The Morgan fingerprint density at radius 2 is 2.00 bits per heavy atom. The first-order valence-electron chi connectivity index (χ1n) is 7.97. The molecule has 4 rings (SSSR count). The van der Waals surface area contributed by atoms with Gasteiger partial charge >= 0.3 is 0 Å². The van der Waals surface area contributed by atoms with E-state index < -0.39 is 0 Å². The minimum absolute atomic E-state index is 0.131. The van der Waals surface area contributed by atoms with Crippen molar-refractivity contribution >= 4 is 17.2 Å². The molecule has 0 fully saturated rings. The van der Waals surface area contributed by atoms with E-state index in [1.54, 1.807) is 16.2 Å². The molecule has 1 aliphatic heterocycles. The van der Waals surface area contributed by atoms with E-state index in [0.717, 1.165) is 21.5 Å². The van der Waals surface area contributed by atoms with Gasteiger partial charge in [-0.15, -0.1) is 21.5 Å². The Balaban J connectivity index is 1.63. The van der Waals surface area contributed by atoms with Gasteiger partial charge in [0, 0.05) is 29.7 Å². The van der Waals surface area contributed by atoms with E-state index in [2.05, 4.69) is 15.2 Å². The number of fused-ring (bicyclic) bond motifs is 1. The fourth-order valence-corrected chi connectivity index (χ4v) is 3.80. The van der Waals surface area contributed by atoms with Gasteiger partial charge in [-0.1, -0.05) is 0 Å². The molecule has 0 saturated heterocycles. The molecular formula is C17H16FN5OS. The van der Waals surface area contributed by atoms with Gasteiger partial charge in [0.15, 0.2) is 16.7 Å². The topological polar surface area (TPSA) is 63.9 Å².